The van der Waals surface area contributed by atoms with Gasteiger partial charge in [-0.25, -0.2) is 0 Å². The molecule has 3 nitrogen and oxygen atoms in total. The van der Waals surface area contributed by atoms with Crippen LogP contribution in [0.25, 0.3) is 0 Å². The van der Waals surface area contributed by atoms with Crippen molar-refractivity contribution in [2.45, 2.75) is 31.8 Å². The third-order valence-electron chi connectivity index (χ3n) is 4.11. The second-order valence-corrected chi connectivity index (χ2v) is 6.50. The highest BCUT2D eigenvalue weighted by Crippen LogP contribution is 2.31. The first kappa shape index (κ1) is 14.8. The molecule has 0 unspecified atom stereocenters. The van der Waals surface area contributed by atoms with Gasteiger partial charge in [0.25, 0.3) is 0 Å². The number of piperidine rings is 1. The lowest BCUT2D eigenvalue weighted by Crippen LogP contribution is -2.42. The van der Waals surface area contributed by atoms with Crippen molar-refractivity contribution in [3.63, 3.8) is 0 Å². The molecule has 2 rings (SSSR count). The van der Waals surface area contributed by atoms with Crippen molar-refractivity contribution in [2.75, 3.05) is 32.1 Å². The fourth-order valence-electron chi connectivity index (χ4n) is 2.67. The fourth-order valence-corrected chi connectivity index (χ4v) is 3.35. The Hall–Kier alpha value is -0.580. The average Bonchev–Trinajstić information content (AvgIpc) is 2.38. The highest BCUT2D eigenvalue weighted by Gasteiger charge is 2.22. The summed E-state index contributed by atoms with van der Waals surface area (Å²) in [5.41, 5.74) is 8.36. The molecule has 0 spiro atoms. The molecule has 2 N–H and O–H groups in total. The lowest BCUT2D eigenvalue weighted by molar-refractivity contribution is 0.253. The van der Waals surface area contributed by atoms with Crippen molar-refractivity contribution in [3.05, 3.63) is 28.2 Å². The lowest BCUT2D eigenvalue weighted by Gasteiger charge is -2.37. The Morgan fingerprint density at radius 2 is 2.00 bits per heavy atom. The van der Waals surface area contributed by atoms with Crippen LogP contribution in [0.4, 0.5) is 5.69 Å². The quantitative estimate of drug-likeness (QED) is 0.927. The highest BCUT2D eigenvalue weighted by atomic mass is 79.9. The summed E-state index contributed by atoms with van der Waals surface area (Å²) in [4.78, 5) is 4.81. The zero-order valence-electron chi connectivity index (χ0n) is 12.1. The van der Waals surface area contributed by atoms with E-state index in [4.69, 9.17) is 5.73 Å². The van der Waals surface area contributed by atoms with E-state index in [2.05, 4.69) is 58.0 Å². The van der Waals surface area contributed by atoms with Crippen LogP contribution in [0.1, 0.15) is 31.4 Å². The maximum atomic E-state index is 5.93. The van der Waals surface area contributed by atoms with Gasteiger partial charge in [0.15, 0.2) is 0 Å². The highest BCUT2D eigenvalue weighted by molar-refractivity contribution is 9.10. The van der Waals surface area contributed by atoms with E-state index in [1.807, 2.05) is 6.92 Å². The molecule has 106 valence electrons. The maximum absolute atomic E-state index is 5.93. The number of nitrogens with two attached hydrogens (primary N) is 1. The van der Waals surface area contributed by atoms with Gasteiger partial charge in [0, 0.05) is 23.6 Å². The first-order valence-corrected chi connectivity index (χ1v) is 7.74. The summed E-state index contributed by atoms with van der Waals surface area (Å²) in [7, 11) is 4.39. The Kier molecular flexibility index (Phi) is 4.87. The molecule has 1 aromatic rings. The molecular weight excluding hydrogens is 302 g/mol. The summed E-state index contributed by atoms with van der Waals surface area (Å²) in [6.07, 6.45) is 2.46. The van der Waals surface area contributed by atoms with Crippen LogP contribution in [-0.4, -0.2) is 38.1 Å². The van der Waals surface area contributed by atoms with E-state index in [-0.39, 0.29) is 6.04 Å². The first-order valence-electron chi connectivity index (χ1n) is 6.95. The molecule has 4 heteroatoms. The molecule has 0 bridgehead atoms. The van der Waals surface area contributed by atoms with E-state index >= 15 is 0 Å². The predicted molar refractivity (Wildman–Crippen MR) is 85.7 cm³/mol. The number of hydrogen-bond acceptors (Lipinski definition) is 3. The van der Waals surface area contributed by atoms with Gasteiger partial charge in [-0.15, -0.1) is 0 Å². The third kappa shape index (κ3) is 3.50. The molecule has 1 heterocycles. The smallest absolute Gasteiger partial charge is 0.0510 e. The van der Waals surface area contributed by atoms with Crippen LogP contribution < -0.4 is 10.6 Å². The summed E-state index contributed by atoms with van der Waals surface area (Å²) < 4.78 is 1.14. The molecule has 1 aliphatic rings. The van der Waals surface area contributed by atoms with Gasteiger partial charge in [0.1, 0.15) is 0 Å². The van der Waals surface area contributed by atoms with Crippen LogP contribution in [-0.2, 0) is 0 Å². The minimum Gasteiger partial charge on any atom is -0.371 e. The standard InChI is InChI=1S/C15H24BrN3/c1-11(17)12-4-5-15(14(16)10-12)19(3)13-6-8-18(2)9-7-13/h4-5,10-11,13H,6-9,17H2,1-3H3/t11-/m0/s1. The van der Waals surface area contributed by atoms with Gasteiger partial charge in [0.05, 0.1) is 5.69 Å². The van der Waals surface area contributed by atoms with Gasteiger partial charge in [-0.05, 0) is 73.5 Å². The van der Waals surface area contributed by atoms with Crippen LogP contribution in [0.2, 0.25) is 0 Å². The van der Waals surface area contributed by atoms with Gasteiger partial charge in [-0.3, -0.25) is 0 Å². The van der Waals surface area contributed by atoms with Crippen LogP contribution in [0, 0.1) is 0 Å². The summed E-state index contributed by atoms with van der Waals surface area (Å²) >= 11 is 3.69. The van der Waals surface area contributed by atoms with Crippen LogP contribution in [0.5, 0.6) is 0 Å². The number of benzene rings is 1. The lowest BCUT2D eigenvalue weighted by atomic mass is 10.0. The molecule has 0 aliphatic carbocycles. The molecule has 1 fully saturated rings. The van der Waals surface area contributed by atoms with E-state index in [0.29, 0.717) is 6.04 Å². The van der Waals surface area contributed by atoms with E-state index in [9.17, 15) is 0 Å². The normalized spacial score (nSPS) is 19.4. The Morgan fingerprint density at radius 3 is 2.53 bits per heavy atom. The Bertz CT molecular complexity index is 425. The monoisotopic (exact) mass is 325 g/mol. The molecule has 19 heavy (non-hydrogen) atoms. The van der Waals surface area contributed by atoms with Crippen molar-refractivity contribution in [1.82, 2.24) is 4.90 Å². The zero-order valence-corrected chi connectivity index (χ0v) is 13.7. The fraction of sp³-hybridized carbons (Fsp3) is 0.600. The summed E-state index contributed by atoms with van der Waals surface area (Å²) in [6.45, 7) is 4.39. The molecule has 0 radical (unpaired) electrons. The molecule has 1 aromatic carbocycles. The number of anilines is 1. The maximum Gasteiger partial charge on any atom is 0.0510 e. The van der Waals surface area contributed by atoms with Crippen molar-refractivity contribution in [2.24, 2.45) is 5.73 Å². The number of likely N-dealkylation sites (tertiary alicyclic amines) is 1. The van der Waals surface area contributed by atoms with Gasteiger partial charge >= 0.3 is 0 Å². The number of hydrogen-bond donors (Lipinski definition) is 1. The molecule has 1 aliphatic heterocycles. The second-order valence-electron chi connectivity index (χ2n) is 5.64. The SMILES string of the molecule is C[C@H](N)c1ccc(N(C)C2CCN(C)CC2)c(Br)c1. The minimum atomic E-state index is 0.0824. The topological polar surface area (TPSA) is 32.5 Å². The molecule has 1 saturated heterocycles. The molecular formula is C15H24BrN3. The van der Waals surface area contributed by atoms with Crippen LogP contribution in [0.3, 0.4) is 0 Å². The summed E-state index contributed by atoms with van der Waals surface area (Å²) in [5.74, 6) is 0. The summed E-state index contributed by atoms with van der Waals surface area (Å²) in [5, 5.41) is 0. The molecule has 0 saturated carbocycles. The van der Waals surface area contributed by atoms with Crippen molar-refractivity contribution in [1.29, 1.82) is 0 Å². The van der Waals surface area contributed by atoms with Crippen molar-refractivity contribution >= 4 is 21.6 Å². The Balaban J connectivity index is 2.12. The predicted octanol–water partition coefficient (Wildman–Crippen LogP) is 3.00. The van der Waals surface area contributed by atoms with E-state index in [0.717, 1.165) is 4.47 Å². The van der Waals surface area contributed by atoms with E-state index < -0.39 is 0 Å². The largest absolute Gasteiger partial charge is 0.371 e. The Morgan fingerprint density at radius 1 is 1.37 bits per heavy atom. The first-order chi connectivity index (χ1) is 8.99. The number of halogens is 1. The summed E-state index contributed by atoms with van der Waals surface area (Å²) in [6, 6.07) is 7.18. The number of rotatable bonds is 3. The third-order valence-corrected chi connectivity index (χ3v) is 4.75. The van der Waals surface area contributed by atoms with Crippen LogP contribution in [0.15, 0.2) is 22.7 Å². The van der Waals surface area contributed by atoms with Gasteiger partial charge < -0.3 is 15.5 Å². The molecule has 0 amide bonds. The molecule has 0 aromatic heterocycles. The molecule has 1 atom stereocenters. The van der Waals surface area contributed by atoms with Gasteiger partial charge in [-0.2, -0.15) is 0 Å². The minimum absolute atomic E-state index is 0.0824. The van der Waals surface area contributed by atoms with E-state index in [1.165, 1.54) is 37.2 Å². The van der Waals surface area contributed by atoms with Gasteiger partial charge in [-0.1, -0.05) is 6.07 Å². The van der Waals surface area contributed by atoms with Crippen molar-refractivity contribution < 1.29 is 0 Å². The average molecular weight is 326 g/mol. The number of nitrogens with zero attached hydrogens (tertiary/aromatic N) is 2. The second kappa shape index (κ2) is 6.25. The Labute approximate surface area is 124 Å². The van der Waals surface area contributed by atoms with E-state index in [1.54, 1.807) is 0 Å². The zero-order chi connectivity index (χ0) is 14.0. The van der Waals surface area contributed by atoms with Crippen molar-refractivity contribution in [3.8, 4) is 0 Å². The van der Waals surface area contributed by atoms with Gasteiger partial charge in [0.2, 0.25) is 0 Å². The van der Waals surface area contributed by atoms with Crippen LogP contribution >= 0.6 is 15.9 Å².